The molecule has 0 spiro atoms. The van der Waals surface area contributed by atoms with E-state index in [1.54, 1.807) is 18.1 Å². The zero-order chi connectivity index (χ0) is 23.3. The van der Waals surface area contributed by atoms with E-state index in [9.17, 15) is 14.7 Å². The van der Waals surface area contributed by atoms with Crippen LogP contribution in [0.4, 0.5) is 0 Å². The lowest BCUT2D eigenvalue weighted by atomic mass is 9.77. The summed E-state index contributed by atoms with van der Waals surface area (Å²) in [5.74, 6) is 0.0699. The highest BCUT2D eigenvalue weighted by atomic mass is 16.5. The van der Waals surface area contributed by atoms with E-state index in [2.05, 4.69) is 19.2 Å². The lowest BCUT2D eigenvalue weighted by Gasteiger charge is -2.41. The van der Waals surface area contributed by atoms with Gasteiger partial charge in [0, 0.05) is 31.3 Å². The van der Waals surface area contributed by atoms with Crippen molar-refractivity contribution in [2.75, 3.05) is 33.4 Å². The van der Waals surface area contributed by atoms with Gasteiger partial charge in [-0.2, -0.15) is 0 Å². The summed E-state index contributed by atoms with van der Waals surface area (Å²) in [5.41, 5.74) is 1.28. The number of aliphatic hydroxyl groups is 2. The van der Waals surface area contributed by atoms with Crippen LogP contribution >= 0.6 is 0 Å². The zero-order valence-corrected chi connectivity index (χ0v) is 19.0. The smallest absolute Gasteiger partial charge is 0.247 e. The molecule has 1 aliphatic carbocycles. The van der Waals surface area contributed by atoms with E-state index in [0.29, 0.717) is 23.8 Å². The van der Waals surface area contributed by atoms with Gasteiger partial charge in [-0.3, -0.25) is 9.59 Å². The molecule has 1 aromatic carbocycles. The van der Waals surface area contributed by atoms with Crippen LogP contribution in [0, 0.1) is 5.92 Å². The molecule has 1 aliphatic heterocycles. The number of hydrogen-bond acceptors (Lipinski definition) is 6. The summed E-state index contributed by atoms with van der Waals surface area (Å²) < 4.78 is 11.2. The molecule has 0 fully saturated rings. The third kappa shape index (κ3) is 5.14. The molecule has 1 heterocycles. The number of hydrogen-bond donors (Lipinski definition) is 3. The quantitative estimate of drug-likeness (QED) is 0.499. The van der Waals surface area contributed by atoms with Crippen LogP contribution in [0.1, 0.15) is 38.2 Å². The van der Waals surface area contributed by atoms with Crippen LogP contribution in [0.15, 0.2) is 35.9 Å². The number of nitrogens with one attached hydrogen (secondary N) is 1. The van der Waals surface area contributed by atoms with Crippen molar-refractivity contribution in [3.8, 4) is 5.75 Å². The normalized spacial score (nSPS) is 23.8. The van der Waals surface area contributed by atoms with Crippen LogP contribution in [0.5, 0.6) is 5.75 Å². The van der Waals surface area contributed by atoms with Gasteiger partial charge in [-0.05, 0) is 24.5 Å². The maximum atomic E-state index is 13.0. The average Bonchev–Trinajstić information content (AvgIpc) is 3.17. The summed E-state index contributed by atoms with van der Waals surface area (Å²) in [4.78, 5) is 27.7. The minimum atomic E-state index is -1.000. The zero-order valence-electron chi connectivity index (χ0n) is 19.0. The molecule has 3 N–H and O–H groups in total. The Morgan fingerprint density at radius 3 is 2.72 bits per heavy atom. The van der Waals surface area contributed by atoms with Gasteiger partial charge >= 0.3 is 0 Å². The van der Waals surface area contributed by atoms with Crippen molar-refractivity contribution in [1.29, 1.82) is 0 Å². The second kappa shape index (κ2) is 10.9. The largest absolute Gasteiger partial charge is 0.486 e. The van der Waals surface area contributed by atoms with E-state index in [4.69, 9.17) is 14.6 Å². The first-order valence-electron chi connectivity index (χ1n) is 11.2. The van der Waals surface area contributed by atoms with Crippen molar-refractivity contribution in [3.05, 3.63) is 41.5 Å². The van der Waals surface area contributed by atoms with Gasteiger partial charge < -0.3 is 29.9 Å². The third-order valence-electron chi connectivity index (χ3n) is 6.02. The molecular formula is C24H34N2O6. The van der Waals surface area contributed by atoms with Gasteiger partial charge in [0.25, 0.3) is 0 Å². The highest BCUT2D eigenvalue weighted by Crippen LogP contribution is 2.47. The number of benzene rings is 1. The number of carbonyl (C=O) groups is 2. The summed E-state index contributed by atoms with van der Waals surface area (Å²) in [6, 6.07) is 6.72. The van der Waals surface area contributed by atoms with E-state index in [-0.39, 0.29) is 38.0 Å². The number of rotatable bonds is 10. The third-order valence-corrected chi connectivity index (χ3v) is 6.02. The summed E-state index contributed by atoms with van der Waals surface area (Å²) in [5, 5.41) is 23.2. The first-order chi connectivity index (χ1) is 15.4. The van der Waals surface area contributed by atoms with Gasteiger partial charge in [-0.15, -0.1) is 0 Å². The Kier molecular flexibility index (Phi) is 8.28. The molecule has 1 aromatic rings. The van der Waals surface area contributed by atoms with Gasteiger partial charge in [-0.1, -0.05) is 32.0 Å². The van der Waals surface area contributed by atoms with Crippen LogP contribution < -0.4 is 10.1 Å². The van der Waals surface area contributed by atoms with Crippen molar-refractivity contribution in [2.45, 2.75) is 50.9 Å². The van der Waals surface area contributed by atoms with Gasteiger partial charge in [-0.25, -0.2) is 0 Å². The number of ether oxygens (including phenoxy) is 2. The first-order valence-corrected chi connectivity index (χ1v) is 11.2. The van der Waals surface area contributed by atoms with Crippen LogP contribution in [0.2, 0.25) is 0 Å². The summed E-state index contributed by atoms with van der Waals surface area (Å²) in [7, 11) is 1.54. The van der Waals surface area contributed by atoms with Crippen LogP contribution in [-0.4, -0.2) is 78.6 Å². The molecule has 0 saturated carbocycles. The van der Waals surface area contributed by atoms with Crippen molar-refractivity contribution >= 4 is 11.8 Å². The molecule has 32 heavy (non-hydrogen) atoms. The van der Waals surface area contributed by atoms with Gasteiger partial charge in [0.2, 0.25) is 11.8 Å². The van der Waals surface area contributed by atoms with Crippen molar-refractivity contribution in [1.82, 2.24) is 10.2 Å². The van der Waals surface area contributed by atoms with E-state index >= 15 is 0 Å². The fourth-order valence-electron chi connectivity index (χ4n) is 4.36. The Labute approximate surface area is 189 Å². The highest BCUT2D eigenvalue weighted by molar-refractivity contribution is 5.96. The maximum absolute atomic E-state index is 13.0. The minimum absolute atomic E-state index is 0.118. The molecule has 4 atom stereocenters. The van der Waals surface area contributed by atoms with Gasteiger partial charge in [0.15, 0.2) is 0 Å². The molecule has 0 aromatic heterocycles. The lowest BCUT2D eigenvalue weighted by Crippen LogP contribution is -2.56. The standard InChI is InChI=1S/C24H34N2O6/c1-15(2)8-11-26(20(28)9-13-31-3)18-14-17(24(30)25-10-12-27)21-16-6-4-5-7-19(16)32-23(21)22(18)29/h4-7,14-15,18,21-23,27,29H,8-13H2,1-3H3,(H,25,30). The van der Waals surface area contributed by atoms with E-state index in [0.717, 1.165) is 12.0 Å². The molecule has 0 saturated heterocycles. The summed E-state index contributed by atoms with van der Waals surface area (Å²) in [6.45, 7) is 4.82. The molecule has 176 valence electrons. The van der Waals surface area contributed by atoms with Crippen LogP contribution in [0.25, 0.3) is 0 Å². The Morgan fingerprint density at radius 2 is 2.03 bits per heavy atom. The van der Waals surface area contributed by atoms with Crippen molar-refractivity contribution in [2.24, 2.45) is 5.92 Å². The second-order valence-electron chi connectivity index (χ2n) is 8.69. The van der Waals surface area contributed by atoms with Crippen molar-refractivity contribution < 1.29 is 29.3 Å². The SMILES string of the molecule is COCCC(=O)N(CCC(C)C)C1C=C(C(=O)NCCO)C2c3ccccc3OC2C1O. The summed E-state index contributed by atoms with van der Waals surface area (Å²) >= 11 is 0. The predicted octanol–water partition coefficient (Wildman–Crippen LogP) is 1.22. The fourth-order valence-corrected chi connectivity index (χ4v) is 4.36. The molecule has 4 unspecified atom stereocenters. The second-order valence-corrected chi connectivity index (χ2v) is 8.69. The van der Waals surface area contributed by atoms with Crippen molar-refractivity contribution in [3.63, 3.8) is 0 Å². The molecule has 8 nitrogen and oxygen atoms in total. The average molecular weight is 447 g/mol. The number of nitrogens with zero attached hydrogens (tertiary/aromatic N) is 1. The Hall–Kier alpha value is -2.42. The maximum Gasteiger partial charge on any atom is 0.247 e. The molecular weight excluding hydrogens is 412 g/mol. The fraction of sp³-hybridized carbons (Fsp3) is 0.583. The monoisotopic (exact) mass is 446 g/mol. The minimum Gasteiger partial charge on any atom is -0.486 e. The van der Waals surface area contributed by atoms with Crippen LogP contribution in [-0.2, 0) is 14.3 Å². The first kappa shape index (κ1) is 24.2. The molecule has 8 heteroatoms. The Morgan fingerprint density at radius 1 is 1.28 bits per heavy atom. The topological polar surface area (TPSA) is 108 Å². The number of methoxy groups -OCH3 is 1. The van der Waals surface area contributed by atoms with E-state index in [1.165, 1.54) is 0 Å². The molecule has 0 bridgehead atoms. The number of fused-ring (bicyclic) bond motifs is 3. The van der Waals surface area contributed by atoms with Gasteiger partial charge in [0.1, 0.15) is 18.0 Å². The van der Waals surface area contributed by atoms with Crippen LogP contribution in [0.3, 0.4) is 0 Å². The molecule has 0 radical (unpaired) electrons. The number of carbonyl (C=O) groups excluding carboxylic acids is 2. The Balaban J connectivity index is 1.99. The summed E-state index contributed by atoms with van der Waals surface area (Å²) in [6.07, 6.45) is 0.966. The molecule has 3 rings (SSSR count). The van der Waals surface area contributed by atoms with E-state index in [1.807, 2.05) is 24.3 Å². The van der Waals surface area contributed by atoms with Gasteiger partial charge in [0.05, 0.1) is 31.6 Å². The molecule has 2 amide bonds. The number of amides is 2. The number of aliphatic hydroxyl groups excluding tert-OH is 2. The van der Waals surface area contributed by atoms with E-state index < -0.39 is 24.2 Å². The highest BCUT2D eigenvalue weighted by Gasteiger charge is 2.50. The Bertz CT molecular complexity index is 840. The molecule has 2 aliphatic rings. The number of para-hydroxylation sites is 1. The predicted molar refractivity (Wildman–Crippen MR) is 119 cm³/mol. The lowest BCUT2D eigenvalue weighted by molar-refractivity contribution is -0.138.